The zero-order valence-electron chi connectivity index (χ0n) is 9.35. The number of rotatable bonds is 3. The SMILES string of the molecule is CCC[N+]1(C)C(CC)CC1(C)C. The molecule has 1 saturated heterocycles. The van der Waals surface area contributed by atoms with Crippen LogP contribution in [0.1, 0.15) is 47.0 Å². The van der Waals surface area contributed by atoms with E-state index in [0.717, 1.165) is 6.04 Å². The maximum Gasteiger partial charge on any atom is 0.0992 e. The summed E-state index contributed by atoms with van der Waals surface area (Å²) in [6.07, 6.45) is 4.08. The zero-order chi connectivity index (χ0) is 9.41. The normalized spacial score (nSPS) is 39.2. The van der Waals surface area contributed by atoms with Gasteiger partial charge in [0, 0.05) is 0 Å². The van der Waals surface area contributed by atoms with E-state index in [0.29, 0.717) is 5.54 Å². The first-order valence-corrected chi connectivity index (χ1v) is 5.33. The fraction of sp³-hybridized carbons (Fsp3) is 1.00. The molecule has 2 unspecified atom stereocenters. The van der Waals surface area contributed by atoms with Gasteiger partial charge in [-0.1, -0.05) is 13.8 Å². The first-order valence-electron chi connectivity index (χ1n) is 5.33. The highest BCUT2D eigenvalue weighted by molar-refractivity contribution is 4.86. The van der Waals surface area contributed by atoms with Gasteiger partial charge >= 0.3 is 0 Å². The van der Waals surface area contributed by atoms with Crippen LogP contribution in [-0.4, -0.2) is 29.7 Å². The summed E-state index contributed by atoms with van der Waals surface area (Å²) in [7, 11) is 2.43. The number of quaternary nitrogens is 1. The topological polar surface area (TPSA) is 0 Å². The Hall–Kier alpha value is -0.0400. The fourth-order valence-electron chi connectivity index (χ4n) is 2.87. The van der Waals surface area contributed by atoms with Crippen LogP contribution in [0, 0.1) is 0 Å². The van der Waals surface area contributed by atoms with Crippen LogP contribution in [0.25, 0.3) is 0 Å². The number of hydrogen-bond acceptors (Lipinski definition) is 0. The molecule has 1 rings (SSSR count). The van der Waals surface area contributed by atoms with Crippen LogP contribution in [-0.2, 0) is 0 Å². The average Bonchev–Trinajstić information content (AvgIpc) is 2.00. The Morgan fingerprint density at radius 3 is 2.25 bits per heavy atom. The smallest absolute Gasteiger partial charge is 0.0992 e. The van der Waals surface area contributed by atoms with Crippen LogP contribution in [0.15, 0.2) is 0 Å². The van der Waals surface area contributed by atoms with Gasteiger partial charge in [0.1, 0.15) is 0 Å². The minimum Gasteiger partial charge on any atom is -0.319 e. The van der Waals surface area contributed by atoms with Gasteiger partial charge in [-0.2, -0.15) is 0 Å². The van der Waals surface area contributed by atoms with Gasteiger partial charge in [0.2, 0.25) is 0 Å². The Bertz CT molecular complexity index is 162. The monoisotopic (exact) mass is 170 g/mol. The second-order valence-corrected chi connectivity index (χ2v) is 5.07. The largest absolute Gasteiger partial charge is 0.319 e. The van der Waals surface area contributed by atoms with Gasteiger partial charge in [-0.3, -0.25) is 0 Å². The zero-order valence-corrected chi connectivity index (χ0v) is 9.35. The molecule has 0 spiro atoms. The van der Waals surface area contributed by atoms with Crippen molar-refractivity contribution >= 4 is 0 Å². The molecule has 1 fully saturated rings. The predicted molar refractivity (Wildman–Crippen MR) is 54.1 cm³/mol. The summed E-state index contributed by atoms with van der Waals surface area (Å²) < 4.78 is 1.31. The van der Waals surface area contributed by atoms with Crippen molar-refractivity contribution in [2.45, 2.75) is 58.5 Å². The molecule has 1 heterocycles. The molecule has 0 N–H and O–H groups in total. The molecule has 12 heavy (non-hydrogen) atoms. The fourth-order valence-corrected chi connectivity index (χ4v) is 2.87. The molecule has 1 aliphatic heterocycles. The average molecular weight is 170 g/mol. The van der Waals surface area contributed by atoms with Crippen molar-refractivity contribution in [3.8, 4) is 0 Å². The van der Waals surface area contributed by atoms with Crippen LogP contribution in [0.2, 0.25) is 0 Å². The Morgan fingerprint density at radius 1 is 1.33 bits per heavy atom. The van der Waals surface area contributed by atoms with Crippen molar-refractivity contribution < 1.29 is 4.48 Å². The third-order valence-electron chi connectivity index (χ3n) is 4.08. The summed E-state index contributed by atoms with van der Waals surface area (Å²) in [6, 6.07) is 0.931. The van der Waals surface area contributed by atoms with Gasteiger partial charge < -0.3 is 4.48 Å². The first kappa shape index (κ1) is 10.0. The van der Waals surface area contributed by atoms with E-state index >= 15 is 0 Å². The molecule has 0 aliphatic carbocycles. The molecule has 0 aromatic carbocycles. The summed E-state index contributed by atoms with van der Waals surface area (Å²) in [4.78, 5) is 0. The minimum atomic E-state index is 0.538. The second-order valence-electron chi connectivity index (χ2n) is 5.07. The molecular formula is C11H24N+. The summed E-state index contributed by atoms with van der Waals surface area (Å²) in [6.45, 7) is 10.8. The molecule has 0 bridgehead atoms. The van der Waals surface area contributed by atoms with E-state index in [1.807, 2.05) is 0 Å². The minimum absolute atomic E-state index is 0.538. The van der Waals surface area contributed by atoms with Crippen molar-refractivity contribution in [2.24, 2.45) is 0 Å². The van der Waals surface area contributed by atoms with Crippen LogP contribution in [0.5, 0.6) is 0 Å². The van der Waals surface area contributed by atoms with Crippen LogP contribution < -0.4 is 0 Å². The maximum absolute atomic E-state index is 2.43. The lowest BCUT2D eigenvalue weighted by molar-refractivity contribution is -1.02. The van der Waals surface area contributed by atoms with Gasteiger partial charge in [0.05, 0.1) is 31.6 Å². The van der Waals surface area contributed by atoms with Crippen molar-refractivity contribution in [3.63, 3.8) is 0 Å². The Labute approximate surface area is 77.4 Å². The van der Waals surface area contributed by atoms with E-state index in [1.165, 1.54) is 30.3 Å². The van der Waals surface area contributed by atoms with Crippen molar-refractivity contribution in [3.05, 3.63) is 0 Å². The molecule has 1 nitrogen and oxygen atoms in total. The molecule has 0 aromatic rings. The number of nitrogens with zero attached hydrogens (tertiary/aromatic N) is 1. The Kier molecular flexibility index (Phi) is 2.53. The van der Waals surface area contributed by atoms with Gasteiger partial charge in [-0.15, -0.1) is 0 Å². The van der Waals surface area contributed by atoms with Gasteiger partial charge in [0.15, 0.2) is 0 Å². The highest BCUT2D eigenvalue weighted by atomic mass is 15.5. The Morgan fingerprint density at radius 2 is 1.92 bits per heavy atom. The predicted octanol–water partition coefficient (Wildman–Crippen LogP) is 2.80. The van der Waals surface area contributed by atoms with E-state index in [-0.39, 0.29) is 0 Å². The van der Waals surface area contributed by atoms with Gasteiger partial charge in [-0.05, 0) is 26.7 Å². The summed E-state index contributed by atoms with van der Waals surface area (Å²) in [5.41, 5.74) is 0.538. The lowest BCUT2D eigenvalue weighted by Crippen LogP contribution is -2.74. The molecule has 0 amide bonds. The molecule has 0 aromatic heterocycles. The first-order chi connectivity index (χ1) is 5.48. The van der Waals surface area contributed by atoms with Crippen LogP contribution in [0.4, 0.5) is 0 Å². The van der Waals surface area contributed by atoms with Gasteiger partial charge in [-0.25, -0.2) is 0 Å². The van der Waals surface area contributed by atoms with E-state index in [1.54, 1.807) is 0 Å². The van der Waals surface area contributed by atoms with Crippen LogP contribution >= 0.6 is 0 Å². The quantitative estimate of drug-likeness (QED) is 0.571. The molecule has 72 valence electrons. The van der Waals surface area contributed by atoms with E-state index in [4.69, 9.17) is 0 Å². The Balaban J connectivity index is 2.68. The lowest BCUT2D eigenvalue weighted by atomic mass is 9.76. The summed E-state index contributed by atoms with van der Waals surface area (Å²) in [5.74, 6) is 0. The molecule has 2 atom stereocenters. The number of hydrogen-bond donors (Lipinski definition) is 0. The molecule has 1 heteroatoms. The number of likely N-dealkylation sites (tertiary alicyclic amines) is 1. The second kappa shape index (κ2) is 3.02. The summed E-state index contributed by atoms with van der Waals surface area (Å²) in [5, 5.41) is 0. The van der Waals surface area contributed by atoms with Crippen LogP contribution in [0.3, 0.4) is 0 Å². The third-order valence-corrected chi connectivity index (χ3v) is 4.08. The lowest BCUT2D eigenvalue weighted by Gasteiger charge is -2.62. The highest BCUT2D eigenvalue weighted by Gasteiger charge is 2.56. The maximum atomic E-state index is 2.43. The van der Waals surface area contributed by atoms with Gasteiger partial charge in [0.25, 0.3) is 0 Å². The molecule has 0 radical (unpaired) electrons. The van der Waals surface area contributed by atoms with Crippen molar-refractivity contribution in [1.82, 2.24) is 0 Å². The van der Waals surface area contributed by atoms with E-state index < -0.39 is 0 Å². The molecular weight excluding hydrogens is 146 g/mol. The molecule has 1 aliphatic rings. The van der Waals surface area contributed by atoms with Crippen molar-refractivity contribution in [1.29, 1.82) is 0 Å². The third kappa shape index (κ3) is 1.19. The van der Waals surface area contributed by atoms with E-state index in [2.05, 4.69) is 34.7 Å². The summed E-state index contributed by atoms with van der Waals surface area (Å²) >= 11 is 0. The van der Waals surface area contributed by atoms with Crippen molar-refractivity contribution in [2.75, 3.05) is 13.6 Å². The standard InChI is InChI=1S/C11H24N/c1-6-8-12(5)10(7-2)9-11(12,3)4/h10H,6-9H2,1-5H3/q+1. The molecule has 0 saturated carbocycles. The highest BCUT2D eigenvalue weighted by Crippen LogP contribution is 2.44. The van der Waals surface area contributed by atoms with E-state index in [9.17, 15) is 0 Å².